The number of aromatic nitrogens is 1. The fourth-order valence-corrected chi connectivity index (χ4v) is 3.41. The van der Waals surface area contributed by atoms with Gasteiger partial charge in [-0.2, -0.15) is 0 Å². The zero-order chi connectivity index (χ0) is 16.5. The van der Waals surface area contributed by atoms with Crippen molar-refractivity contribution >= 4 is 17.2 Å². The highest BCUT2D eigenvalue weighted by Gasteiger charge is 2.20. The van der Waals surface area contributed by atoms with E-state index in [0.717, 1.165) is 17.7 Å². The minimum atomic E-state index is -0.0989. The second-order valence-electron chi connectivity index (χ2n) is 5.80. The average molecular weight is 340 g/mol. The molecule has 6 heteroatoms. The number of hydrogen-bond donors (Lipinski definition) is 1. The molecule has 1 aromatic carbocycles. The molecule has 5 nitrogen and oxygen atoms in total. The topological polar surface area (TPSA) is 64.4 Å². The third-order valence-corrected chi connectivity index (χ3v) is 4.78. The maximum atomic E-state index is 11.9. The van der Waals surface area contributed by atoms with E-state index in [1.165, 1.54) is 16.9 Å². The monoisotopic (exact) mass is 340 g/mol. The van der Waals surface area contributed by atoms with E-state index in [0.29, 0.717) is 22.9 Å². The van der Waals surface area contributed by atoms with Crippen LogP contribution in [0.4, 0.5) is 0 Å². The summed E-state index contributed by atoms with van der Waals surface area (Å²) in [5.41, 5.74) is 2.85. The van der Waals surface area contributed by atoms with Gasteiger partial charge in [0.15, 0.2) is 5.76 Å². The molecule has 3 aromatic rings. The van der Waals surface area contributed by atoms with Crippen molar-refractivity contribution in [3.63, 3.8) is 0 Å². The summed E-state index contributed by atoms with van der Waals surface area (Å²) in [5, 5.41) is 8.76. The molecule has 0 unspecified atom stereocenters. The standard InChI is InChI=1S/C18H16N2O3S/c1-11-7-13-8-12(4-5-15(13)22-11)16-9-14(20-23-16)10-19-18(21)17-3-2-6-24-17/h2-6,8-9,11H,7,10H2,1H3,(H,19,21)/t11-/m0/s1. The van der Waals surface area contributed by atoms with E-state index < -0.39 is 0 Å². The molecule has 1 amide bonds. The maximum absolute atomic E-state index is 11.9. The lowest BCUT2D eigenvalue weighted by Gasteiger charge is -2.02. The van der Waals surface area contributed by atoms with E-state index in [4.69, 9.17) is 9.26 Å². The minimum Gasteiger partial charge on any atom is -0.490 e. The van der Waals surface area contributed by atoms with Gasteiger partial charge in [0.05, 0.1) is 11.4 Å². The van der Waals surface area contributed by atoms with Crippen LogP contribution in [-0.2, 0) is 13.0 Å². The highest BCUT2D eigenvalue weighted by atomic mass is 32.1. The summed E-state index contributed by atoms with van der Waals surface area (Å²) < 4.78 is 11.1. The van der Waals surface area contributed by atoms with E-state index in [-0.39, 0.29) is 12.0 Å². The highest BCUT2D eigenvalue weighted by Crippen LogP contribution is 2.33. The Hall–Kier alpha value is -2.60. The lowest BCUT2D eigenvalue weighted by atomic mass is 10.1. The van der Waals surface area contributed by atoms with Gasteiger partial charge in [0.1, 0.15) is 17.5 Å². The van der Waals surface area contributed by atoms with Crippen molar-refractivity contribution in [2.45, 2.75) is 26.0 Å². The van der Waals surface area contributed by atoms with Crippen molar-refractivity contribution in [3.05, 3.63) is 57.9 Å². The number of thiophene rings is 1. The number of nitrogens with one attached hydrogen (secondary N) is 1. The molecule has 0 fully saturated rings. The van der Waals surface area contributed by atoms with Gasteiger partial charge in [0.25, 0.3) is 5.91 Å². The number of benzene rings is 1. The van der Waals surface area contributed by atoms with Crippen LogP contribution in [0.2, 0.25) is 0 Å². The first-order chi connectivity index (χ1) is 11.7. The molecule has 24 heavy (non-hydrogen) atoms. The van der Waals surface area contributed by atoms with Crippen LogP contribution in [-0.4, -0.2) is 17.2 Å². The first-order valence-electron chi connectivity index (χ1n) is 7.76. The summed E-state index contributed by atoms with van der Waals surface area (Å²) in [7, 11) is 0. The zero-order valence-electron chi connectivity index (χ0n) is 13.1. The van der Waals surface area contributed by atoms with Crippen molar-refractivity contribution in [3.8, 4) is 17.1 Å². The van der Waals surface area contributed by atoms with Gasteiger partial charge in [0.2, 0.25) is 0 Å². The Labute approximate surface area is 143 Å². The van der Waals surface area contributed by atoms with Crippen LogP contribution in [0.15, 0.2) is 46.3 Å². The normalized spacial score (nSPS) is 15.8. The van der Waals surface area contributed by atoms with E-state index in [1.54, 1.807) is 6.07 Å². The number of fused-ring (bicyclic) bond motifs is 1. The van der Waals surface area contributed by atoms with E-state index in [2.05, 4.69) is 23.5 Å². The molecule has 2 aromatic heterocycles. The van der Waals surface area contributed by atoms with Crippen LogP contribution in [0.3, 0.4) is 0 Å². The summed E-state index contributed by atoms with van der Waals surface area (Å²) >= 11 is 1.41. The quantitative estimate of drug-likeness (QED) is 0.787. The first kappa shape index (κ1) is 15.0. The Morgan fingerprint density at radius 3 is 3.12 bits per heavy atom. The van der Waals surface area contributed by atoms with Crippen LogP contribution >= 0.6 is 11.3 Å². The van der Waals surface area contributed by atoms with Gasteiger partial charge in [-0.25, -0.2) is 0 Å². The Morgan fingerprint density at radius 1 is 1.38 bits per heavy atom. The summed E-state index contributed by atoms with van der Waals surface area (Å²) in [4.78, 5) is 12.6. The fraction of sp³-hybridized carbons (Fsp3) is 0.222. The summed E-state index contributed by atoms with van der Waals surface area (Å²) in [6, 6.07) is 11.5. The molecule has 1 N–H and O–H groups in total. The molecule has 1 aliphatic rings. The number of carbonyl (C=O) groups is 1. The number of carbonyl (C=O) groups excluding carboxylic acids is 1. The molecule has 1 aliphatic heterocycles. The lowest BCUT2D eigenvalue weighted by Crippen LogP contribution is -2.21. The molecular weight excluding hydrogens is 324 g/mol. The Morgan fingerprint density at radius 2 is 2.29 bits per heavy atom. The summed E-state index contributed by atoms with van der Waals surface area (Å²) in [6.07, 6.45) is 1.12. The Kier molecular flexibility index (Phi) is 3.82. The molecule has 0 radical (unpaired) electrons. The van der Waals surface area contributed by atoms with Crippen LogP contribution in [0, 0.1) is 0 Å². The minimum absolute atomic E-state index is 0.0989. The van der Waals surface area contributed by atoms with Gasteiger partial charge in [-0.3, -0.25) is 4.79 Å². The van der Waals surface area contributed by atoms with Crippen molar-refractivity contribution in [1.29, 1.82) is 0 Å². The van der Waals surface area contributed by atoms with Gasteiger partial charge in [-0.15, -0.1) is 11.3 Å². The second-order valence-corrected chi connectivity index (χ2v) is 6.75. The van der Waals surface area contributed by atoms with Gasteiger partial charge in [-0.1, -0.05) is 11.2 Å². The molecule has 122 valence electrons. The molecule has 4 rings (SSSR count). The van der Waals surface area contributed by atoms with Crippen LogP contribution in [0.1, 0.15) is 27.9 Å². The summed E-state index contributed by atoms with van der Waals surface area (Å²) in [5.74, 6) is 1.53. The second kappa shape index (κ2) is 6.13. The third kappa shape index (κ3) is 2.92. The first-order valence-corrected chi connectivity index (χ1v) is 8.64. The number of nitrogens with zero attached hydrogens (tertiary/aromatic N) is 1. The largest absolute Gasteiger partial charge is 0.490 e. The zero-order valence-corrected chi connectivity index (χ0v) is 13.9. The van der Waals surface area contributed by atoms with Crippen molar-refractivity contribution in [2.24, 2.45) is 0 Å². The molecule has 0 aliphatic carbocycles. The lowest BCUT2D eigenvalue weighted by molar-refractivity contribution is 0.0954. The number of hydrogen-bond acceptors (Lipinski definition) is 5. The van der Waals surface area contributed by atoms with Gasteiger partial charge < -0.3 is 14.6 Å². The van der Waals surface area contributed by atoms with Crippen molar-refractivity contribution in [1.82, 2.24) is 10.5 Å². The SMILES string of the molecule is C[C@H]1Cc2cc(-c3cc(CNC(=O)c4cccs4)no3)ccc2O1. The maximum Gasteiger partial charge on any atom is 0.261 e. The van der Waals surface area contributed by atoms with E-state index in [1.807, 2.05) is 29.6 Å². The van der Waals surface area contributed by atoms with Crippen LogP contribution in [0.25, 0.3) is 11.3 Å². The molecule has 0 bridgehead atoms. The van der Waals surface area contributed by atoms with Gasteiger partial charge in [0, 0.05) is 18.1 Å². The third-order valence-electron chi connectivity index (χ3n) is 3.91. The molecule has 0 saturated carbocycles. The molecule has 0 spiro atoms. The van der Waals surface area contributed by atoms with Gasteiger partial charge in [-0.05, 0) is 42.1 Å². The number of ether oxygens (including phenoxy) is 1. The molecular formula is C18H16N2O3S. The van der Waals surface area contributed by atoms with E-state index in [9.17, 15) is 4.79 Å². The molecule has 3 heterocycles. The van der Waals surface area contributed by atoms with Crippen LogP contribution < -0.4 is 10.1 Å². The van der Waals surface area contributed by atoms with Gasteiger partial charge >= 0.3 is 0 Å². The van der Waals surface area contributed by atoms with E-state index >= 15 is 0 Å². The number of rotatable bonds is 4. The fourth-order valence-electron chi connectivity index (χ4n) is 2.77. The van der Waals surface area contributed by atoms with Crippen molar-refractivity contribution < 1.29 is 14.1 Å². The van der Waals surface area contributed by atoms with Crippen LogP contribution in [0.5, 0.6) is 5.75 Å². The summed E-state index contributed by atoms with van der Waals surface area (Å²) in [6.45, 7) is 2.40. The highest BCUT2D eigenvalue weighted by molar-refractivity contribution is 7.12. The Bertz CT molecular complexity index is 870. The smallest absolute Gasteiger partial charge is 0.261 e. The Balaban J connectivity index is 1.45. The number of amides is 1. The molecule has 1 atom stereocenters. The molecule has 0 saturated heterocycles. The average Bonchev–Trinajstić information content (AvgIpc) is 3.31. The predicted molar refractivity (Wildman–Crippen MR) is 91.2 cm³/mol. The van der Waals surface area contributed by atoms with Crippen molar-refractivity contribution in [2.75, 3.05) is 0 Å². The predicted octanol–water partition coefficient (Wildman–Crippen LogP) is 3.66.